The van der Waals surface area contributed by atoms with Crippen molar-refractivity contribution in [2.75, 3.05) is 0 Å². The monoisotopic (exact) mass is 408 g/mol. The molecule has 4 aromatic rings. The maximum Gasteiger partial charge on any atom is 0.261 e. The molecule has 0 saturated carbocycles. The van der Waals surface area contributed by atoms with Crippen LogP contribution in [0.2, 0.25) is 0 Å². The number of amides is 2. The number of benzene rings is 3. The second kappa shape index (κ2) is 7.46. The average Bonchev–Trinajstić information content (AvgIpc) is 3.38. The molecule has 0 unspecified atom stereocenters. The zero-order valence-corrected chi connectivity index (χ0v) is 16.3. The molecule has 0 fully saturated rings. The SMILES string of the molecule is O=C(c1ccccc1)c1ccccc1-c1n[nH]nc1CN1C(=O)c2ccccc2C1=O. The van der Waals surface area contributed by atoms with Crippen molar-refractivity contribution in [3.8, 4) is 11.3 Å². The summed E-state index contributed by atoms with van der Waals surface area (Å²) in [6.07, 6.45) is 0. The van der Waals surface area contributed by atoms with E-state index >= 15 is 0 Å². The van der Waals surface area contributed by atoms with E-state index in [-0.39, 0.29) is 24.1 Å². The number of aromatic amines is 1. The van der Waals surface area contributed by atoms with E-state index in [1.54, 1.807) is 72.8 Å². The first-order valence-corrected chi connectivity index (χ1v) is 9.69. The zero-order chi connectivity index (χ0) is 21.4. The van der Waals surface area contributed by atoms with Gasteiger partial charge in [-0.05, 0) is 12.1 Å². The van der Waals surface area contributed by atoms with Crippen LogP contribution in [-0.4, -0.2) is 37.9 Å². The number of ketones is 1. The summed E-state index contributed by atoms with van der Waals surface area (Å²) in [4.78, 5) is 39.7. The predicted octanol–water partition coefficient (Wildman–Crippen LogP) is 3.50. The van der Waals surface area contributed by atoms with E-state index in [0.29, 0.717) is 39.2 Å². The van der Waals surface area contributed by atoms with Crippen molar-refractivity contribution >= 4 is 17.6 Å². The van der Waals surface area contributed by atoms with Gasteiger partial charge in [0.05, 0.1) is 17.7 Å². The minimum absolute atomic E-state index is 0.0496. The smallest absolute Gasteiger partial charge is 0.261 e. The van der Waals surface area contributed by atoms with E-state index in [2.05, 4.69) is 15.4 Å². The molecule has 5 rings (SSSR count). The second-order valence-corrected chi connectivity index (χ2v) is 7.10. The lowest BCUT2D eigenvalue weighted by Crippen LogP contribution is -2.29. The molecule has 0 spiro atoms. The first kappa shape index (κ1) is 18.6. The summed E-state index contributed by atoms with van der Waals surface area (Å²) in [5.74, 6) is -0.891. The summed E-state index contributed by atoms with van der Waals surface area (Å²) in [5.41, 5.74) is 3.18. The predicted molar refractivity (Wildman–Crippen MR) is 112 cm³/mol. The third-order valence-electron chi connectivity index (χ3n) is 5.27. The lowest BCUT2D eigenvalue weighted by atomic mass is 9.96. The molecule has 1 N–H and O–H groups in total. The van der Waals surface area contributed by atoms with Crippen molar-refractivity contribution in [2.24, 2.45) is 0 Å². The van der Waals surface area contributed by atoms with Crippen LogP contribution >= 0.6 is 0 Å². The highest BCUT2D eigenvalue weighted by Crippen LogP contribution is 2.29. The lowest BCUT2D eigenvalue weighted by Gasteiger charge is -2.13. The van der Waals surface area contributed by atoms with Crippen LogP contribution in [0, 0.1) is 0 Å². The molecule has 0 bridgehead atoms. The molecule has 1 aromatic heterocycles. The summed E-state index contributed by atoms with van der Waals surface area (Å²) in [5, 5.41) is 11.0. The largest absolute Gasteiger partial charge is 0.289 e. The fourth-order valence-corrected chi connectivity index (χ4v) is 3.74. The number of hydrogen-bond acceptors (Lipinski definition) is 5. The first-order valence-electron chi connectivity index (χ1n) is 9.69. The highest BCUT2D eigenvalue weighted by Gasteiger charge is 2.36. The van der Waals surface area contributed by atoms with Gasteiger partial charge in [0.15, 0.2) is 5.78 Å². The molecule has 2 heterocycles. The van der Waals surface area contributed by atoms with Gasteiger partial charge in [-0.15, -0.1) is 0 Å². The summed E-state index contributed by atoms with van der Waals surface area (Å²) in [6, 6.07) is 22.8. The quantitative estimate of drug-likeness (QED) is 0.403. The number of nitrogens with zero attached hydrogens (tertiary/aromatic N) is 3. The third kappa shape index (κ3) is 3.12. The average molecular weight is 408 g/mol. The molecule has 2 amide bonds. The Labute approximate surface area is 177 Å². The van der Waals surface area contributed by atoms with Gasteiger partial charge in [0.1, 0.15) is 11.4 Å². The topological polar surface area (TPSA) is 96.0 Å². The minimum Gasteiger partial charge on any atom is -0.289 e. The van der Waals surface area contributed by atoms with E-state index in [9.17, 15) is 14.4 Å². The van der Waals surface area contributed by atoms with Gasteiger partial charge in [0, 0.05) is 16.7 Å². The highest BCUT2D eigenvalue weighted by atomic mass is 16.2. The molecule has 0 saturated heterocycles. The molecule has 7 nitrogen and oxygen atoms in total. The van der Waals surface area contributed by atoms with Crippen LogP contribution in [0.25, 0.3) is 11.3 Å². The van der Waals surface area contributed by atoms with Crippen molar-refractivity contribution < 1.29 is 14.4 Å². The molecular weight excluding hydrogens is 392 g/mol. The Kier molecular flexibility index (Phi) is 4.48. The van der Waals surface area contributed by atoms with Crippen molar-refractivity contribution in [1.82, 2.24) is 20.3 Å². The molecule has 1 aliphatic rings. The number of imide groups is 1. The Morgan fingerprint density at radius 2 is 1.32 bits per heavy atom. The summed E-state index contributed by atoms with van der Waals surface area (Å²) in [7, 11) is 0. The van der Waals surface area contributed by atoms with Crippen LogP contribution in [0.15, 0.2) is 78.9 Å². The molecule has 3 aromatic carbocycles. The van der Waals surface area contributed by atoms with Gasteiger partial charge in [-0.3, -0.25) is 19.3 Å². The standard InChI is InChI=1S/C24H16N4O3/c29-22(15-8-2-1-3-9-15)17-11-5-4-10-16(17)21-20(25-27-26-21)14-28-23(30)18-12-6-7-13-19(18)24(28)31/h1-13H,14H2,(H,25,26,27). The van der Waals surface area contributed by atoms with Crippen LogP contribution in [0.5, 0.6) is 0 Å². The van der Waals surface area contributed by atoms with Gasteiger partial charge in [-0.2, -0.15) is 15.4 Å². The molecule has 1 aliphatic heterocycles. The number of fused-ring (bicyclic) bond motifs is 1. The van der Waals surface area contributed by atoms with Crippen molar-refractivity contribution in [3.05, 3.63) is 107 Å². The summed E-state index contributed by atoms with van der Waals surface area (Å²) in [6.45, 7) is -0.0496. The Balaban J connectivity index is 1.51. The Hall–Kier alpha value is -4.39. The van der Waals surface area contributed by atoms with Gasteiger partial charge < -0.3 is 0 Å². The van der Waals surface area contributed by atoms with Gasteiger partial charge >= 0.3 is 0 Å². The Morgan fingerprint density at radius 3 is 2.00 bits per heavy atom. The highest BCUT2D eigenvalue weighted by molar-refractivity contribution is 6.21. The summed E-state index contributed by atoms with van der Waals surface area (Å²) < 4.78 is 0. The van der Waals surface area contributed by atoms with Crippen LogP contribution in [-0.2, 0) is 6.54 Å². The fourth-order valence-electron chi connectivity index (χ4n) is 3.74. The Bertz CT molecular complexity index is 1290. The maximum atomic E-state index is 13.1. The minimum atomic E-state index is -0.372. The number of rotatable bonds is 5. The van der Waals surface area contributed by atoms with E-state index in [1.807, 2.05) is 6.07 Å². The van der Waals surface area contributed by atoms with Gasteiger partial charge in [0.25, 0.3) is 11.8 Å². The number of aromatic nitrogens is 3. The molecule has 0 radical (unpaired) electrons. The van der Waals surface area contributed by atoms with Crippen LogP contribution < -0.4 is 0 Å². The molecule has 150 valence electrons. The van der Waals surface area contributed by atoms with E-state index in [1.165, 1.54) is 0 Å². The summed E-state index contributed by atoms with van der Waals surface area (Å²) >= 11 is 0. The first-order chi connectivity index (χ1) is 15.1. The molecule has 31 heavy (non-hydrogen) atoms. The second-order valence-electron chi connectivity index (χ2n) is 7.10. The maximum absolute atomic E-state index is 13.1. The van der Waals surface area contributed by atoms with E-state index < -0.39 is 0 Å². The van der Waals surface area contributed by atoms with Crippen molar-refractivity contribution in [1.29, 1.82) is 0 Å². The number of carbonyl (C=O) groups is 3. The third-order valence-corrected chi connectivity index (χ3v) is 5.27. The number of hydrogen-bond donors (Lipinski definition) is 1. The number of carbonyl (C=O) groups excluding carboxylic acids is 3. The van der Waals surface area contributed by atoms with Crippen LogP contribution in [0.3, 0.4) is 0 Å². The lowest BCUT2D eigenvalue weighted by molar-refractivity contribution is 0.0640. The van der Waals surface area contributed by atoms with Crippen LogP contribution in [0.4, 0.5) is 0 Å². The van der Waals surface area contributed by atoms with Gasteiger partial charge in [-0.25, -0.2) is 0 Å². The molecular formula is C24H16N4O3. The normalized spacial score (nSPS) is 12.8. The van der Waals surface area contributed by atoms with Gasteiger partial charge in [-0.1, -0.05) is 66.7 Å². The molecule has 0 aliphatic carbocycles. The van der Waals surface area contributed by atoms with Crippen LogP contribution in [0.1, 0.15) is 42.3 Å². The number of H-pyrrole nitrogens is 1. The van der Waals surface area contributed by atoms with Crippen molar-refractivity contribution in [3.63, 3.8) is 0 Å². The molecule has 7 heteroatoms. The number of nitrogens with one attached hydrogen (secondary N) is 1. The Morgan fingerprint density at radius 1 is 0.742 bits per heavy atom. The molecule has 0 atom stereocenters. The van der Waals surface area contributed by atoms with E-state index in [0.717, 1.165) is 4.90 Å². The fraction of sp³-hybridized carbons (Fsp3) is 0.0417. The zero-order valence-electron chi connectivity index (χ0n) is 16.3. The van der Waals surface area contributed by atoms with Crippen molar-refractivity contribution in [2.45, 2.75) is 6.54 Å². The van der Waals surface area contributed by atoms with Gasteiger partial charge in [0.2, 0.25) is 0 Å². The van der Waals surface area contributed by atoms with E-state index in [4.69, 9.17) is 0 Å².